The highest BCUT2D eigenvalue weighted by atomic mass is 79.9. The van der Waals surface area contributed by atoms with Crippen molar-refractivity contribution in [2.45, 2.75) is 37.6 Å². The quantitative estimate of drug-likeness (QED) is 0.823. The fraction of sp³-hybridized carbons (Fsp3) is 0.500. The summed E-state index contributed by atoms with van der Waals surface area (Å²) >= 11 is 4.97. The number of nitrogens with one attached hydrogen (secondary N) is 1. The molecule has 1 fully saturated rings. The molecular weight excluding hydrogens is 326 g/mol. The Balaban J connectivity index is 1.94. The molecule has 0 saturated heterocycles. The normalized spacial score (nSPS) is 18.6. The van der Waals surface area contributed by atoms with Gasteiger partial charge in [-0.3, -0.25) is 4.79 Å². The Kier molecular flexibility index (Phi) is 5.19. The predicted molar refractivity (Wildman–Crippen MR) is 82.1 cm³/mol. The van der Waals surface area contributed by atoms with Crippen molar-refractivity contribution in [1.82, 2.24) is 5.32 Å². The van der Waals surface area contributed by atoms with E-state index in [-0.39, 0.29) is 12.5 Å². The van der Waals surface area contributed by atoms with Gasteiger partial charge in [0.2, 0.25) is 5.91 Å². The minimum atomic E-state index is -0.407. The zero-order chi connectivity index (χ0) is 13.7. The first-order chi connectivity index (χ1) is 9.13. The van der Waals surface area contributed by atoms with Crippen LogP contribution in [0, 0.1) is 0 Å². The molecule has 3 nitrogen and oxygen atoms in total. The molecule has 2 rings (SSSR count). The zero-order valence-corrected chi connectivity index (χ0v) is 13.1. The van der Waals surface area contributed by atoms with Crippen molar-refractivity contribution in [3.8, 4) is 0 Å². The number of hydrogen-bond donors (Lipinski definition) is 2. The summed E-state index contributed by atoms with van der Waals surface area (Å²) in [5.41, 5.74) is -0.407. The molecule has 0 aromatic carbocycles. The summed E-state index contributed by atoms with van der Waals surface area (Å²) < 4.78 is 1.05. The van der Waals surface area contributed by atoms with Gasteiger partial charge in [-0.25, -0.2) is 0 Å². The van der Waals surface area contributed by atoms with E-state index in [0.29, 0.717) is 0 Å². The van der Waals surface area contributed by atoms with Gasteiger partial charge in [-0.2, -0.15) is 0 Å². The number of hydrogen-bond acceptors (Lipinski definition) is 3. The van der Waals surface area contributed by atoms with Crippen molar-refractivity contribution < 1.29 is 9.90 Å². The van der Waals surface area contributed by atoms with Crippen LogP contribution in [-0.2, 0) is 4.79 Å². The van der Waals surface area contributed by atoms with Crippen LogP contribution in [-0.4, -0.2) is 23.2 Å². The van der Waals surface area contributed by atoms with Crippen LogP contribution in [0.4, 0.5) is 0 Å². The summed E-state index contributed by atoms with van der Waals surface area (Å²) in [7, 11) is 0. The monoisotopic (exact) mass is 343 g/mol. The van der Waals surface area contributed by atoms with Gasteiger partial charge in [0.05, 0.1) is 15.9 Å². The molecule has 1 aromatic heterocycles. The summed E-state index contributed by atoms with van der Waals surface area (Å²) in [4.78, 5) is 13.0. The first kappa shape index (κ1) is 14.8. The molecule has 104 valence electrons. The van der Waals surface area contributed by atoms with Crippen LogP contribution in [0.5, 0.6) is 0 Å². The minimum absolute atomic E-state index is 0.0249. The molecule has 0 aliphatic heterocycles. The number of rotatable bonds is 4. The minimum Gasteiger partial charge on any atom is -0.394 e. The summed E-state index contributed by atoms with van der Waals surface area (Å²) in [6, 6.07) is 3.92. The molecule has 1 aliphatic rings. The summed E-state index contributed by atoms with van der Waals surface area (Å²) in [5.74, 6) is -0.125. The zero-order valence-electron chi connectivity index (χ0n) is 10.7. The number of aliphatic hydroxyl groups is 1. The van der Waals surface area contributed by atoms with E-state index in [4.69, 9.17) is 0 Å². The predicted octanol–water partition coefficient (Wildman–Crippen LogP) is 3.34. The van der Waals surface area contributed by atoms with Crippen LogP contribution in [0.3, 0.4) is 0 Å². The van der Waals surface area contributed by atoms with E-state index < -0.39 is 5.54 Å². The van der Waals surface area contributed by atoms with E-state index in [1.54, 1.807) is 23.5 Å². The molecule has 0 atom stereocenters. The van der Waals surface area contributed by atoms with Gasteiger partial charge < -0.3 is 10.4 Å². The van der Waals surface area contributed by atoms with E-state index in [1.165, 1.54) is 6.42 Å². The second-order valence-corrected chi connectivity index (χ2v) is 7.46. The Labute approximate surface area is 125 Å². The highest BCUT2D eigenvalue weighted by Gasteiger charge is 2.32. The third kappa shape index (κ3) is 4.16. The van der Waals surface area contributed by atoms with Crippen molar-refractivity contribution in [3.05, 3.63) is 26.9 Å². The van der Waals surface area contributed by atoms with Crippen LogP contribution in [0.25, 0.3) is 6.08 Å². The van der Waals surface area contributed by atoms with Gasteiger partial charge in [-0.15, -0.1) is 11.3 Å². The first-order valence-electron chi connectivity index (χ1n) is 6.50. The van der Waals surface area contributed by atoms with Gasteiger partial charge >= 0.3 is 0 Å². The Morgan fingerprint density at radius 1 is 1.42 bits per heavy atom. The van der Waals surface area contributed by atoms with Crippen molar-refractivity contribution in [3.63, 3.8) is 0 Å². The molecule has 0 bridgehead atoms. The second-order valence-electron chi connectivity index (χ2n) is 4.96. The van der Waals surface area contributed by atoms with Crippen LogP contribution in [0.1, 0.15) is 37.0 Å². The number of thiophene rings is 1. The lowest BCUT2D eigenvalue weighted by Gasteiger charge is -2.36. The standard InChI is InChI=1S/C14H18BrNO2S/c15-12-6-4-11(19-12)5-7-13(18)16-14(10-17)8-2-1-3-9-14/h4-7,17H,1-3,8-10H2,(H,16,18). The molecule has 1 aromatic rings. The Hall–Kier alpha value is -0.650. The van der Waals surface area contributed by atoms with Gasteiger partial charge in [0.1, 0.15) is 0 Å². The fourth-order valence-electron chi connectivity index (χ4n) is 2.43. The number of amides is 1. The lowest BCUT2D eigenvalue weighted by Crippen LogP contribution is -2.52. The SMILES string of the molecule is O=C(C=Cc1ccc(Br)s1)NC1(CO)CCCCC1. The Morgan fingerprint density at radius 2 is 2.16 bits per heavy atom. The molecule has 1 heterocycles. The number of halogens is 1. The second kappa shape index (κ2) is 6.68. The van der Waals surface area contributed by atoms with Gasteiger partial charge in [-0.1, -0.05) is 19.3 Å². The number of aliphatic hydroxyl groups excluding tert-OH is 1. The molecule has 1 aliphatic carbocycles. The van der Waals surface area contributed by atoms with Crippen molar-refractivity contribution in [2.24, 2.45) is 0 Å². The third-order valence-electron chi connectivity index (χ3n) is 3.49. The molecule has 0 spiro atoms. The number of carbonyl (C=O) groups is 1. The van der Waals surface area contributed by atoms with Gasteiger partial charge in [0, 0.05) is 11.0 Å². The maximum absolute atomic E-state index is 11.9. The topological polar surface area (TPSA) is 49.3 Å². The van der Waals surface area contributed by atoms with Crippen molar-refractivity contribution in [1.29, 1.82) is 0 Å². The van der Waals surface area contributed by atoms with Gasteiger partial charge in [0.15, 0.2) is 0 Å². The lowest BCUT2D eigenvalue weighted by atomic mass is 9.82. The van der Waals surface area contributed by atoms with E-state index in [0.717, 1.165) is 34.3 Å². The van der Waals surface area contributed by atoms with E-state index in [2.05, 4.69) is 21.2 Å². The Morgan fingerprint density at radius 3 is 2.74 bits per heavy atom. The van der Waals surface area contributed by atoms with Crippen LogP contribution in [0.15, 0.2) is 22.0 Å². The van der Waals surface area contributed by atoms with Crippen molar-refractivity contribution >= 4 is 39.2 Å². The maximum atomic E-state index is 11.9. The van der Waals surface area contributed by atoms with Crippen LogP contribution in [0.2, 0.25) is 0 Å². The molecule has 2 N–H and O–H groups in total. The summed E-state index contributed by atoms with van der Waals surface area (Å²) in [5, 5.41) is 12.5. The summed E-state index contributed by atoms with van der Waals surface area (Å²) in [6.45, 7) is 0.0249. The molecule has 1 saturated carbocycles. The average molecular weight is 344 g/mol. The molecule has 5 heteroatoms. The fourth-order valence-corrected chi connectivity index (χ4v) is 3.76. The average Bonchev–Trinajstić information content (AvgIpc) is 2.83. The molecule has 1 amide bonds. The van der Waals surface area contributed by atoms with Crippen LogP contribution >= 0.6 is 27.3 Å². The first-order valence-corrected chi connectivity index (χ1v) is 8.11. The van der Waals surface area contributed by atoms with Crippen LogP contribution < -0.4 is 5.32 Å². The highest BCUT2D eigenvalue weighted by molar-refractivity contribution is 9.11. The Bertz CT molecular complexity index is 464. The molecule has 0 radical (unpaired) electrons. The molecule has 19 heavy (non-hydrogen) atoms. The van der Waals surface area contributed by atoms with E-state index in [9.17, 15) is 9.90 Å². The highest BCUT2D eigenvalue weighted by Crippen LogP contribution is 2.28. The van der Waals surface area contributed by atoms with Gasteiger partial charge in [0.25, 0.3) is 0 Å². The third-order valence-corrected chi connectivity index (χ3v) is 5.08. The molecule has 0 unspecified atom stereocenters. The van der Waals surface area contributed by atoms with Crippen molar-refractivity contribution in [2.75, 3.05) is 6.61 Å². The largest absolute Gasteiger partial charge is 0.394 e. The lowest BCUT2D eigenvalue weighted by molar-refractivity contribution is -0.119. The van der Waals surface area contributed by atoms with E-state index >= 15 is 0 Å². The maximum Gasteiger partial charge on any atom is 0.244 e. The summed E-state index contributed by atoms with van der Waals surface area (Å²) in [6.07, 6.45) is 8.42. The molecular formula is C14H18BrNO2S. The van der Waals surface area contributed by atoms with E-state index in [1.807, 2.05) is 12.1 Å². The van der Waals surface area contributed by atoms with Gasteiger partial charge in [-0.05, 0) is 47.0 Å². The smallest absolute Gasteiger partial charge is 0.244 e. The number of carbonyl (C=O) groups excluding carboxylic acids is 1.